The lowest BCUT2D eigenvalue weighted by molar-refractivity contribution is 0.103. The summed E-state index contributed by atoms with van der Waals surface area (Å²) in [4.78, 5) is 12.2. The molecule has 17 heavy (non-hydrogen) atoms. The summed E-state index contributed by atoms with van der Waals surface area (Å²) >= 11 is 0. The van der Waals surface area contributed by atoms with Crippen LogP contribution in [0.5, 0.6) is 0 Å². The van der Waals surface area contributed by atoms with Crippen molar-refractivity contribution < 1.29 is 9.18 Å². The lowest BCUT2D eigenvalue weighted by atomic mass is 10.0. The van der Waals surface area contributed by atoms with Gasteiger partial charge >= 0.3 is 0 Å². The summed E-state index contributed by atoms with van der Waals surface area (Å²) in [5.74, 6) is -0.478. The van der Waals surface area contributed by atoms with Crippen LogP contribution in [0.4, 0.5) is 10.1 Å². The Hall–Kier alpha value is -2.16. The van der Waals surface area contributed by atoms with Crippen LogP contribution in [0, 0.1) is 5.82 Å². The molecule has 0 bridgehead atoms. The van der Waals surface area contributed by atoms with E-state index in [1.807, 2.05) is 6.07 Å². The molecule has 3 heteroatoms. The molecule has 0 radical (unpaired) electrons. The van der Waals surface area contributed by atoms with Crippen LogP contribution in [0.25, 0.3) is 0 Å². The third-order valence-electron chi connectivity index (χ3n) is 2.53. The van der Waals surface area contributed by atoms with Crippen molar-refractivity contribution in [1.82, 2.24) is 0 Å². The average molecular weight is 229 g/mol. The molecule has 0 aromatic heterocycles. The minimum Gasteiger partial charge on any atom is -0.387 e. The van der Waals surface area contributed by atoms with Crippen molar-refractivity contribution in [2.75, 3.05) is 12.4 Å². The number of hydrogen-bond acceptors (Lipinski definition) is 2. The van der Waals surface area contributed by atoms with Crippen LogP contribution in [-0.4, -0.2) is 12.8 Å². The maximum absolute atomic E-state index is 13.0. The lowest BCUT2D eigenvalue weighted by Crippen LogP contribution is -2.05. The topological polar surface area (TPSA) is 29.1 Å². The van der Waals surface area contributed by atoms with Gasteiger partial charge in [0.1, 0.15) is 5.82 Å². The zero-order valence-electron chi connectivity index (χ0n) is 9.41. The first-order valence-corrected chi connectivity index (χ1v) is 5.29. The molecule has 2 nitrogen and oxygen atoms in total. The summed E-state index contributed by atoms with van der Waals surface area (Å²) in [6, 6.07) is 13.0. The molecule has 0 atom stereocenters. The first-order chi connectivity index (χ1) is 8.22. The van der Waals surface area contributed by atoms with Crippen LogP contribution in [-0.2, 0) is 0 Å². The van der Waals surface area contributed by atoms with Gasteiger partial charge in [-0.1, -0.05) is 30.3 Å². The number of carbonyl (C=O) groups excluding carboxylic acids is 1. The van der Waals surface area contributed by atoms with E-state index >= 15 is 0 Å². The number of hydrogen-bond donors (Lipinski definition) is 1. The Balaban J connectivity index is 2.44. The Morgan fingerprint density at radius 3 is 2.47 bits per heavy atom. The van der Waals surface area contributed by atoms with E-state index in [1.165, 1.54) is 18.2 Å². The van der Waals surface area contributed by atoms with E-state index in [1.54, 1.807) is 31.3 Å². The van der Waals surface area contributed by atoms with E-state index in [0.717, 1.165) is 0 Å². The number of nitrogens with one attached hydrogen (secondary N) is 1. The van der Waals surface area contributed by atoms with E-state index in [9.17, 15) is 9.18 Å². The quantitative estimate of drug-likeness (QED) is 0.819. The normalized spacial score (nSPS) is 10.0. The molecule has 0 aliphatic rings. The maximum Gasteiger partial charge on any atom is 0.195 e. The van der Waals surface area contributed by atoms with Gasteiger partial charge < -0.3 is 5.32 Å². The minimum atomic E-state index is -0.362. The zero-order valence-corrected chi connectivity index (χ0v) is 9.41. The Morgan fingerprint density at radius 2 is 1.82 bits per heavy atom. The van der Waals surface area contributed by atoms with Crippen LogP contribution in [0.1, 0.15) is 15.9 Å². The smallest absolute Gasteiger partial charge is 0.195 e. The fourth-order valence-electron chi connectivity index (χ4n) is 1.67. The first kappa shape index (κ1) is 11.3. The van der Waals surface area contributed by atoms with Crippen molar-refractivity contribution in [2.45, 2.75) is 0 Å². The highest BCUT2D eigenvalue weighted by molar-refractivity contribution is 6.12. The third kappa shape index (κ3) is 2.33. The molecule has 0 saturated heterocycles. The van der Waals surface area contributed by atoms with Crippen LogP contribution in [0.3, 0.4) is 0 Å². The number of anilines is 1. The highest BCUT2D eigenvalue weighted by atomic mass is 19.1. The van der Waals surface area contributed by atoms with Gasteiger partial charge in [-0.3, -0.25) is 4.79 Å². The van der Waals surface area contributed by atoms with Crippen molar-refractivity contribution in [1.29, 1.82) is 0 Å². The molecule has 0 spiro atoms. The fourth-order valence-corrected chi connectivity index (χ4v) is 1.67. The second-order valence-electron chi connectivity index (χ2n) is 3.64. The standard InChI is InChI=1S/C14H12FNO/c1-16-13-9-11(15)7-8-12(13)14(17)10-5-3-2-4-6-10/h2-9,16H,1H3. The summed E-state index contributed by atoms with van der Waals surface area (Å²) < 4.78 is 13.0. The number of ketones is 1. The third-order valence-corrected chi connectivity index (χ3v) is 2.53. The highest BCUT2D eigenvalue weighted by Crippen LogP contribution is 2.20. The predicted molar refractivity (Wildman–Crippen MR) is 65.8 cm³/mol. The monoisotopic (exact) mass is 229 g/mol. The summed E-state index contributed by atoms with van der Waals surface area (Å²) in [6.07, 6.45) is 0. The zero-order chi connectivity index (χ0) is 12.3. The molecule has 0 saturated carbocycles. The van der Waals surface area contributed by atoms with Crippen molar-refractivity contribution >= 4 is 11.5 Å². The number of halogens is 1. The van der Waals surface area contributed by atoms with Crippen LogP contribution < -0.4 is 5.32 Å². The highest BCUT2D eigenvalue weighted by Gasteiger charge is 2.13. The van der Waals surface area contributed by atoms with Crippen LogP contribution >= 0.6 is 0 Å². The average Bonchev–Trinajstić information content (AvgIpc) is 2.39. The van der Waals surface area contributed by atoms with E-state index in [0.29, 0.717) is 16.8 Å². The molecule has 0 unspecified atom stereocenters. The van der Waals surface area contributed by atoms with Gasteiger partial charge in [0.2, 0.25) is 0 Å². The van der Waals surface area contributed by atoms with Gasteiger partial charge in [0.25, 0.3) is 0 Å². The van der Waals surface area contributed by atoms with Crippen molar-refractivity contribution in [3.05, 3.63) is 65.5 Å². The molecule has 0 amide bonds. The Bertz CT molecular complexity index is 537. The molecular weight excluding hydrogens is 217 g/mol. The summed E-state index contributed by atoms with van der Waals surface area (Å²) in [6.45, 7) is 0. The first-order valence-electron chi connectivity index (χ1n) is 5.29. The summed E-state index contributed by atoms with van der Waals surface area (Å²) in [7, 11) is 1.66. The molecular formula is C14H12FNO. The minimum absolute atomic E-state index is 0.116. The molecule has 2 aromatic rings. The van der Waals surface area contributed by atoms with Gasteiger partial charge in [-0.2, -0.15) is 0 Å². The summed E-state index contributed by atoms with van der Waals surface area (Å²) in [5, 5.41) is 2.83. The van der Waals surface area contributed by atoms with Crippen molar-refractivity contribution in [3.8, 4) is 0 Å². The lowest BCUT2D eigenvalue weighted by Gasteiger charge is -2.08. The van der Waals surface area contributed by atoms with Crippen molar-refractivity contribution in [2.24, 2.45) is 0 Å². The SMILES string of the molecule is CNc1cc(F)ccc1C(=O)c1ccccc1. The Kier molecular flexibility index (Phi) is 3.19. The molecule has 0 aliphatic carbocycles. The van der Waals surface area contributed by atoms with E-state index in [-0.39, 0.29) is 11.6 Å². The number of rotatable bonds is 3. The maximum atomic E-state index is 13.0. The fraction of sp³-hybridized carbons (Fsp3) is 0.0714. The van der Waals surface area contributed by atoms with Gasteiger partial charge in [-0.25, -0.2) is 4.39 Å². The molecule has 0 fully saturated rings. The Morgan fingerprint density at radius 1 is 1.12 bits per heavy atom. The molecule has 0 aliphatic heterocycles. The predicted octanol–water partition coefficient (Wildman–Crippen LogP) is 3.10. The van der Waals surface area contributed by atoms with Gasteiger partial charge in [0.05, 0.1) is 0 Å². The molecule has 0 heterocycles. The summed E-state index contributed by atoms with van der Waals surface area (Å²) in [5.41, 5.74) is 1.56. The van der Waals surface area contributed by atoms with E-state index < -0.39 is 0 Å². The van der Waals surface area contributed by atoms with Gasteiger partial charge in [0.15, 0.2) is 5.78 Å². The second-order valence-corrected chi connectivity index (χ2v) is 3.64. The Labute approximate surface area is 99.1 Å². The number of benzene rings is 2. The van der Waals surface area contributed by atoms with Gasteiger partial charge in [-0.05, 0) is 18.2 Å². The number of carbonyl (C=O) groups is 1. The van der Waals surface area contributed by atoms with Gasteiger partial charge in [0, 0.05) is 23.9 Å². The van der Waals surface area contributed by atoms with E-state index in [4.69, 9.17) is 0 Å². The van der Waals surface area contributed by atoms with Crippen LogP contribution in [0.15, 0.2) is 48.5 Å². The molecule has 2 rings (SSSR count). The molecule has 2 aromatic carbocycles. The largest absolute Gasteiger partial charge is 0.387 e. The van der Waals surface area contributed by atoms with Crippen molar-refractivity contribution in [3.63, 3.8) is 0 Å². The van der Waals surface area contributed by atoms with E-state index in [2.05, 4.69) is 5.32 Å². The van der Waals surface area contributed by atoms with Gasteiger partial charge in [-0.15, -0.1) is 0 Å². The molecule has 86 valence electrons. The molecule has 1 N–H and O–H groups in total. The van der Waals surface area contributed by atoms with Crippen LogP contribution in [0.2, 0.25) is 0 Å². The second kappa shape index (κ2) is 4.78.